The average Bonchev–Trinajstić information content (AvgIpc) is 2.87. The first kappa shape index (κ1) is 17.7. The molecule has 104 valence electrons. The fourth-order valence-electron chi connectivity index (χ4n) is 1.53. The highest BCUT2D eigenvalue weighted by molar-refractivity contribution is 14.0. The van der Waals surface area contributed by atoms with Crippen LogP contribution in [0, 0.1) is 0 Å². The third-order valence-corrected chi connectivity index (χ3v) is 3.44. The predicted molar refractivity (Wildman–Crippen MR) is 92.4 cm³/mol. The van der Waals surface area contributed by atoms with Crippen LogP contribution in [0.15, 0.2) is 21.8 Å². The van der Waals surface area contributed by atoms with E-state index in [4.69, 9.17) is 0 Å². The van der Waals surface area contributed by atoms with Crippen molar-refractivity contribution in [1.82, 2.24) is 10.6 Å². The molecule has 1 aromatic rings. The summed E-state index contributed by atoms with van der Waals surface area (Å²) in [5, 5.41) is 11.0. The van der Waals surface area contributed by atoms with Crippen LogP contribution in [0.1, 0.15) is 38.2 Å². The molecule has 1 heterocycles. The van der Waals surface area contributed by atoms with Gasteiger partial charge in [0.05, 0.1) is 0 Å². The summed E-state index contributed by atoms with van der Waals surface area (Å²) >= 11 is 1.75. The molecule has 0 aliphatic rings. The van der Waals surface area contributed by atoms with Crippen LogP contribution in [0.5, 0.6) is 0 Å². The van der Waals surface area contributed by atoms with Crippen molar-refractivity contribution in [3.8, 4) is 0 Å². The Labute approximate surface area is 131 Å². The maximum atomic E-state index is 4.21. The number of aliphatic imine (C=N–C) groups is 1. The Kier molecular flexibility index (Phi) is 10.4. The quantitative estimate of drug-likeness (QED) is 0.343. The molecule has 1 atom stereocenters. The van der Waals surface area contributed by atoms with Gasteiger partial charge < -0.3 is 10.6 Å². The van der Waals surface area contributed by atoms with Gasteiger partial charge in [0.15, 0.2) is 5.96 Å². The molecule has 0 spiro atoms. The molecule has 5 heteroatoms. The van der Waals surface area contributed by atoms with E-state index < -0.39 is 0 Å². The van der Waals surface area contributed by atoms with E-state index in [9.17, 15) is 0 Å². The van der Waals surface area contributed by atoms with Gasteiger partial charge in [0, 0.05) is 20.1 Å². The number of thiophene rings is 1. The second-order valence-electron chi connectivity index (χ2n) is 4.19. The Morgan fingerprint density at radius 3 is 2.78 bits per heavy atom. The molecule has 0 aliphatic heterocycles. The van der Waals surface area contributed by atoms with Crippen molar-refractivity contribution in [3.05, 3.63) is 22.4 Å². The summed E-state index contributed by atoms with van der Waals surface area (Å²) in [5.41, 5.74) is 1.39. The number of halogens is 1. The van der Waals surface area contributed by atoms with E-state index in [2.05, 4.69) is 46.3 Å². The molecule has 3 nitrogen and oxygen atoms in total. The molecule has 0 aromatic carbocycles. The summed E-state index contributed by atoms with van der Waals surface area (Å²) < 4.78 is 0. The van der Waals surface area contributed by atoms with Gasteiger partial charge in [-0.1, -0.05) is 20.3 Å². The van der Waals surface area contributed by atoms with Gasteiger partial charge in [-0.3, -0.25) is 4.99 Å². The topological polar surface area (TPSA) is 36.4 Å². The van der Waals surface area contributed by atoms with E-state index in [0.717, 1.165) is 19.0 Å². The summed E-state index contributed by atoms with van der Waals surface area (Å²) in [7, 11) is 1.82. The summed E-state index contributed by atoms with van der Waals surface area (Å²) in [6, 6.07) is 2.18. The van der Waals surface area contributed by atoms with E-state index in [-0.39, 0.29) is 24.0 Å². The molecule has 1 unspecified atom stereocenters. The summed E-state index contributed by atoms with van der Waals surface area (Å²) in [4.78, 5) is 4.21. The van der Waals surface area contributed by atoms with Crippen LogP contribution in [0.25, 0.3) is 0 Å². The number of hydrogen-bond acceptors (Lipinski definition) is 2. The molecule has 1 rings (SSSR count). The monoisotopic (exact) mass is 381 g/mol. The molecule has 0 bridgehead atoms. The molecule has 0 saturated heterocycles. The maximum Gasteiger partial charge on any atom is 0.190 e. The first-order valence-corrected chi connectivity index (χ1v) is 7.18. The van der Waals surface area contributed by atoms with E-state index >= 15 is 0 Å². The first-order valence-electron chi connectivity index (χ1n) is 6.24. The van der Waals surface area contributed by atoms with Crippen LogP contribution < -0.4 is 10.6 Å². The lowest BCUT2D eigenvalue weighted by molar-refractivity contribution is 0.686. The van der Waals surface area contributed by atoms with Crippen LogP contribution in [0.2, 0.25) is 0 Å². The summed E-state index contributed by atoms with van der Waals surface area (Å²) in [6.07, 6.45) is 2.39. The van der Waals surface area contributed by atoms with Crippen molar-refractivity contribution in [3.63, 3.8) is 0 Å². The van der Waals surface area contributed by atoms with Crippen LogP contribution in [-0.4, -0.2) is 26.1 Å². The van der Waals surface area contributed by atoms with Crippen molar-refractivity contribution in [1.29, 1.82) is 0 Å². The standard InChI is InChI=1S/C13H23N3S.HI/c1-4-5-7-15-13(14-3)16-9-11(2)12-6-8-17-10-12;/h6,8,10-11H,4-5,7,9H2,1-3H3,(H2,14,15,16);1H. The highest BCUT2D eigenvalue weighted by Crippen LogP contribution is 2.16. The lowest BCUT2D eigenvalue weighted by atomic mass is 10.1. The molecular weight excluding hydrogens is 357 g/mol. The Hall–Kier alpha value is -0.300. The van der Waals surface area contributed by atoms with Crippen molar-refractivity contribution in [2.45, 2.75) is 32.6 Å². The summed E-state index contributed by atoms with van der Waals surface area (Å²) in [5.74, 6) is 1.42. The van der Waals surface area contributed by atoms with Crippen LogP contribution >= 0.6 is 35.3 Å². The van der Waals surface area contributed by atoms with E-state index in [1.807, 2.05) is 7.05 Å². The Bertz CT molecular complexity index is 325. The van der Waals surface area contributed by atoms with Gasteiger partial charge >= 0.3 is 0 Å². The minimum Gasteiger partial charge on any atom is -0.356 e. The molecule has 2 N–H and O–H groups in total. The molecule has 1 aromatic heterocycles. The number of hydrogen-bond donors (Lipinski definition) is 2. The van der Waals surface area contributed by atoms with Gasteiger partial charge in [-0.05, 0) is 34.7 Å². The Balaban J connectivity index is 0.00000289. The van der Waals surface area contributed by atoms with Gasteiger partial charge in [-0.25, -0.2) is 0 Å². The average molecular weight is 381 g/mol. The third kappa shape index (κ3) is 6.58. The number of nitrogens with one attached hydrogen (secondary N) is 2. The highest BCUT2D eigenvalue weighted by Gasteiger charge is 2.06. The molecule has 0 radical (unpaired) electrons. The normalized spacial score (nSPS) is 12.7. The van der Waals surface area contributed by atoms with Gasteiger partial charge in [0.25, 0.3) is 0 Å². The van der Waals surface area contributed by atoms with E-state index in [1.54, 1.807) is 11.3 Å². The number of nitrogens with zero attached hydrogens (tertiary/aromatic N) is 1. The van der Waals surface area contributed by atoms with Crippen molar-refractivity contribution in [2.24, 2.45) is 4.99 Å². The van der Waals surface area contributed by atoms with Crippen LogP contribution in [0.3, 0.4) is 0 Å². The van der Waals surface area contributed by atoms with Gasteiger partial charge in [0.1, 0.15) is 0 Å². The number of unbranched alkanes of at least 4 members (excludes halogenated alkanes) is 1. The molecule has 0 aliphatic carbocycles. The third-order valence-electron chi connectivity index (χ3n) is 2.73. The predicted octanol–water partition coefficient (Wildman–Crippen LogP) is 3.43. The molecule has 0 amide bonds. The SMILES string of the molecule is CCCCNC(=NC)NCC(C)c1ccsc1.I. The maximum absolute atomic E-state index is 4.21. The Morgan fingerprint density at radius 2 is 2.22 bits per heavy atom. The lowest BCUT2D eigenvalue weighted by Crippen LogP contribution is -2.39. The second kappa shape index (κ2) is 10.6. The molecule has 0 saturated carbocycles. The summed E-state index contributed by atoms with van der Waals surface area (Å²) in [6.45, 7) is 6.33. The fourth-order valence-corrected chi connectivity index (χ4v) is 2.31. The molecular formula is C13H24IN3S. The zero-order chi connectivity index (χ0) is 12.5. The van der Waals surface area contributed by atoms with E-state index in [1.165, 1.54) is 18.4 Å². The number of rotatable bonds is 6. The second-order valence-corrected chi connectivity index (χ2v) is 4.97. The van der Waals surface area contributed by atoms with Crippen molar-refractivity contribution < 1.29 is 0 Å². The van der Waals surface area contributed by atoms with Crippen molar-refractivity contribution in [2.75, 3.05) is 20.1 Å². The minimum absolute atomic E-state index is 0. The van der Waals surface area contributed by atoms with Crippen molar-refractivity contribution >= 4 is 41.3 Å². The van der Waals surface area contributed by atoms with Gasteiger partial charge in [-0.15, -0.1) is 24.0 Å². The largest absolute Gasteiger partial charge is 0.356 e. The van der Waals surface area contributed by atoms with E-state index in [0.29, 0.717) is 5.92 Å². The zero-order valence-electron chi connectivity index (χ0n) is 11.4. The van der Waals surface area contributed by atoms with Crippen LogP contribution in [-0.2, 0) is 0 Å². The smallest absolute Gasteiger partial charge is 0.190 e. The highest BCUT2D eigenvalue weighted by atomic mass is 127. The van der Waals surface area contributed by atoms with Crippen LogP contribution in [0.4, 0.5) is 0 Å². The van der Waals surface area contributed by atoms with Gasteiger partial charge in [-0.2, -0.15) is 11.3 Å². The molecule has 0 fully saturated rings. The molecule has 18 heavy (non-hydrogen) atoms. The zero-order valence-corrected chi connectivity index (χ0v) is 14.5. The lowest BCUT2D eigenvalue weighted by Gasteiger charge is -2.15. The minimum atomic E-state index is 0. The number of guanidine groups is 1. The first-order chi connectivity index (χ1) is 8.27. The fraction of sp³-hybridized carbons (Fsp3) is 0.615. The van der Waals surface area contributed by atoms with Gasteiger partial charge in [0.2, 0.25) is 0 Å². The Morgan fingerprint density at radius 1 is 1.44 bits per heavy atom.